The van der Waals surface area contributed by atoms with E-state index in [-0.39, 0.29) is 29.8 Å². The maximum atomic E-state index is 13.5. The minimum Gasteiger partial charge on any atom is -0.452 e. The molecule has 5 nitrogen and oxygen atoms in total. The molecule has 1 aliphatic rings. The van der Waals surface area contributed by atoms with Crippen molar-refractivity contribution in [3.05, 3.63) is 29.6 Å². The summed E-state index contributed by atoms with van der Waals surface area (Å²) in [5, 5.41) is 0. The van der Waals surface area contributed by atoms with E-state index < -0.39 is 11.8 Å². The molecule has 1 aromatic rings. The van der Waals surface area contributed by atoms with Crippen molar-refractivity contribution in [3.63, 3.8) is 0 Å². The van der Waals surface area contributed by atoms with Crippen LogP contribution in [0, 0.1) is 5.82 Å². The fraction of sp³-hybridized carbons (Fsp3) is 0.429. The van der Waals surface area contributed by atoms with Gasteiger partial charge >= 0.3 is 5.97 Å². The number of carbonyl (C=O) groups excluding carboxylic acids is 2. The molecule has 1 fully saturated rings. The number of anilines is 1. The van der Waals surface area contributed by atoms with Crippen molar-refractivity contribution in [2.45, 2.75) is 25.8 Å². The molecule has 2 rings (SSSR count). The third-order valence-electron chi connectivity index (χ3n) is 3.19. The van der Waals surface area contributed by atoms with E-state index in [2.05, 4.69) is 0 Å². The van der Waals surface area contributed by atoms with Gasteiger partial charge in [0.25, 0.3) is 5.91 Å². The van der Waals surface area contributed by atoms with E-state index >= 15 is 0 Å². The Kier molecular flexibility index (Phi) is 4.22. The quantitative estimate of drug-likeness (QED) is 0.656. The number of carbonyl (C=O) groups is 2. The Hall–Kier alpha value is -2.11. The predicted octanol–water partition coefficient (Wildman–Crippen LogP) is 1.58. The SMILES string of the molecule is CCN(C(=O)COC(=O)c1ccc(N)cc1F)C1CC1. The first-order valence-electron chi connectivity index (χ1n) is 6.54. The second-order valence-corrected chi connectivity index (χ2v) is 4.73. The van der Waals surface area contributed by atoms with Gasteiger partial charge in [-0.3, -0.25) is 4.79 Å². The van der Waals surface area contributed by atoms with Crippen LogP contribution in [0.25, 0.3) is 0 Å². The van der Waals surface area contributed by atoms with Crippen molar-refractivity contribution in [2.75, 3.05) is 18.9 Å². The molecule has 0 heterocycles. The molecule has 0 aliphatic heterocycles. The molecular formula is C14H17FN2O3. The number of rotatable bonds is 5. The van der Waals surface area contributed by atoms with Gasteiger partial charge in [0.15, 0.2) is 6.61 Å². The summed E-state index contributed by atoms with van der Waals surface area (Å²) in [5.74, 6) is -1.86. The Morgan fingerprint density at radius 3 is 2.70 bits per heavy atom. The van der Waals surface area contributed by atoms with Crippen LogP contribution in [0.15, 0.2) is 18.2 Å². The molecule has 20 heavy (non-hydrogen) atoms. The van der Waals surface area contributed by atoms with Crippen LogP contribution in [0.2, 0.25) is 0 Å². The molecule has 0 radical (unpaired) electrons. The largest absolute Gasteiger partial charge is 0.452 e. The Bertz CT molecular complexity index is 529. The molecule has 1 amide bonds. The summed E-state index contributed by atoms with van der Waals surface area (Å²) < 4.78 is 18.4. The van der Waals surface area contributed by atoms with Crippen molar-refractivity contribution >= 4 is 17.6 Å². The van der Waals surface area contributed by atoms with Gasteiger partial charge in [-0.2, -0.15) is 0 Å². The van der Waals surface area contributed by atoms with Crippen LogP contribution in [0.5, 0.6) is 0 Å². The van der Waals surface area contributed by atoms with E-state index in [0.29, 0.717) is 6.54 Å². The average Bonchev–Trinajstić information content (AvgIpc) is 3.21. The lowest BCUT2D eigenvalue weighted by molar-refractivity contribution is -0.134. The van der Waals surface area contributed by atoms with Gasteiger partial charge in [-0.15, -0.1) is 0 Å². The smallest absolute Gasteiger partial charge is 0.341 e. The van der Waals surface area contributed by atoms with E-state index in [1.807, 2.05) is 6.92 Å². The topological polar surface area (TPSA) is 72.6 Å². The summed E-state index contributed by atoms with van der Waals surface area (Å²) in [5.41, 5.74) is 5.40. The molecule has 0 aromatic heterocycles. The number of hydrogen-bond donors (Lipinski definition) is 1. The van der Waals surface area contributed by atoms with Gasteiger partial charge < -0.3 is 15.4 Å². The molecule has 2 N–H and O–H groups in total. The molecule has 108 valence electrons. The van der Waals surface area contributed by atoms with Crippen molar-refractivity contribution in [1.82, 2.24) is 4.90 Å². The number of halogens is 1. The molecular weight excluding hydrogens is 263 g/mol. The summed E-state index contributed by atoms with van der Waals surface area (Å²) in [6.45, 7) is 2.09. The number of nitrogens with zero attached hydrogens (tertiary/aromatic N) is 1. The normalized spacial score (nSPS) is 13.9. The van der Waals surface area contributed by atoms with Crippen molar-refractivity contribution < 1.29 is 18.7 Å². The lowest BCUT2D eigenvalue weighted by Crippen LogP contribution is -2.36. The lowest BCUT2D eigenvalue weighted by Gasteiger charge is -2.20. The molecule has 0 atom stereocenters. The summed E-state index contributed by atoms with van der Waals surface area (Å²) >= 11 is 0. The van der Waals surface area contributed by atoms with Gasteiger partial charge in [0.1, 0.15) is 5.82 Å². The van der Waals surface area contributed by atoms with E-state index in [9.17, 15) is 14.0 Å². The second kappa shape index (κ2) is 5.90. The molecule has 1 saturated carbocycles. The predicted molar refractivity (Wildman–Crippen MR) is 71.5 cm³/mol. The monoisotopic (exact) mass is 280 g/mol. The van der Waals surface area contributed by atoms with Crippen LogP contribution in [0.3, 0.4) is 0 Å². The minimum atomic E-state index is -0.859. The third kappa shape index (κ3) is 3.26. The molecule has 1 aromatic carbocycles. The molecule has 6 heteroatoms. The highest BCUT2D eigenvalue weighted by Crippen LogP contribution is 2.26. The third-order valence-corrected chi connectivity index (χ3v) is 3.19. The zero-order valence-electron chi connectivity index (χ0n) is 11.3. The maximum absolute atomic E-state index is 13.5. The minimum absolute atomic E-state index is 0.221. The summed E-state index contributed by atoms with van der Waals surface area (Å²) in [6, 6.07) is 3.96. The zero-order valence-corrected chi connectivity index (χ0v) is 11.3. The van der Waals surface area contributed by atoms with Crippen LogP contribution in [0.4, 0.5) is 10.1 Å². The van der Waals surface area contributed by atoms with Crippen molar-refractivity contribution in [1.29, 1.82) is 0 Å². The van der Waals surface area contributed by atoms with Gasteiger partial charge in [0.05, 0.1) is 5.56 Å². The van der Waals surface area contributed by atoms with Gasteiger partial charge in [-0.05, 0) is 38.0 Å². The van der Waals surface area contributed by atoms with E-state index in [4.69, 9.17) is 10.5 Å². The fourth-order valence-electron chi connectivity index (χ4n) is 2.01. The lowest BCUT2D eigenvalue weighted by atomic mass is 10.2. The number of amides is 1. The summed E-state index contributed by atoms with van der Waals surface area (Å²) in [4.78, 5) is 25.2. The number of esters is 1. The van der Waals surface area contributed by atoms with Crippen molar-refractivity contribution in [2.24, 2.45) is 0 Å². The first-order valence-corrected chi connectivity index (χ1v) is 6.54. The fourth-order valence-corrected chi connectivity index (χ4v) is 2.01. The second-order valence-electron chi connectivity index (χ2n) is 4.73. The van der Waals surface area contributed by atoms with E-state index in [0.717, 1.165) is 18.9 Å². The number of likely N-dealkylation sites (N-methyl/N-ethyl adjacent to an activating group) is 1. The van der Waals surface area contributed by atoms with Crippen molar-refractivity contribution in [3.8, 4) is 0 Å². The molecule has 0 bridgehead atoms. The van der Waals surface area contributed by atoms with Crippen LogP contribution in [-0.4, -0.2) is 36.0 Å². The number of nitrogen functional groups attached to an aromatic ring is 1. The highest BCUT2D eigenvalue weighted by atomic mass is 19.1. The first-order chi connectivity index (χ1) is 9.52. The van der Waals surface area contributed by atoms with Gasteiger partial charge in [0, 0.05) is 18.3 Å². The van der Waals surface area contributed by atoms with Crippen LogP contribution >= 0.6 is 0 Å². The van der Waals surface area contributed by atoms with Gasteiger partial charge in [0.2, 0.25) is 0 Å². The number of benzene rings is 1. The van der Waals surface area contributed by atoms with Crippen LogP contribution in [-0.2, 0) is 9.53 Å². The Morgan fingerprint density at radius 1 is 1.45 bits per heavy atom. The molecule has 1 aliphatic carbocycles. The average molecular weight is 280 g/mol. The Balaban J connectivity index is 1.92. The standard InChI is InChI=1S/C14H17FN2O3/c1-2-17(10-4-5-10)13(18)8-20-14(19)11-6-3-9(16)7-12(11)15/h3,6-7,10H,2,4-5,8,16H2,1H3. The number of ether oxygens (including phenoxy) is 1. The van der Waals surface area contributed by atoms with Gasteiger partial charge in [-0.1, -0.05) is 0 Å². The molecule has 0 unspecified atom stereocenters. The van der Waals surface area contributed by atoms with Crippen LogP contribution < -0.4 is 5.73 Å². The highest BCUT2D eigenvalue weighted by molar-refractivity contribution is 5.92. The zero-order chi connectivity index (χ0) is 14.7. The molecule has 0 spiro atoms. The number of nitrogens with two attached hydrogens (primary N) is 1. The summed E-state index contributed by atoms with van der Waals surface area (Å²) in [6.07, 6.45) is 1.97. The van der Waals surface area contributed by atoms with E-state index in [1.165, 1.54) is 12.1 Å². The molecule has 0 saturated heterocycles. The number of hydrogen-bond acceptors (Lipinski definition) is 4. The van der Waals surface area contributed by atoms with E-state index in [1.54, 1.807) is 4.90 Å². The Labute approximate surface area is 116 Å². The van der Waals surface area contributed by atoms with Crippen LogP contribution in [0.1, 0.15) is 30.1 Å². The van der Waals surface area contributed by atoms with Gasteiger partial charge in [-0.25, -0.2) is 9.18 Å². The summed E-state index contributed by atoms with van der Waals surface area (Å²) in [7, 11) is 0. The highest BCUT2D eigenvalue weighted by Gasteiger charge is 2.31. The Morgan fingerprint density at radius 2 is 2.15 bits per heavy atom. The first kappa shape index (κ1) is 14.3. The maximum Gasteiger partial charge on any atom is 0.341 e.